The molecule has 7 nitrogen and oxygen atoms in total. The van der Waals surface area contributed by atoms with Crippen molar-refractivity contribution in [3.8, 4) is 33.9 Å². The van der Waals surface area contributed by atoms with E-state index in [2.05, 4.69) is 15.6 Å². The highest BCUT2D eigenvalue weighted by atomic mass is 19.4. The van der Waals surface area contributed by atoms with Crippen molar-refractivity contribution in [3.05, 3.63) is 71.8 Å². The van der Waals surface area contributed by atoms with Gasteiger partial charge >= 0.3 is 6.18 Å². The lowest BCUT2D eigenvalue weighted by Crippen LogP contribution is -2.36. The molecule has 3 aromatic carbocycles. The first-order chi connectivity index (χ1) is 18.1. The number of benzene rings is 3. The molecule has 0 spiro atoms. The first-order valence-electron chi connectivity index (χ1n) is 11.7. The molecule has 4 aromatic rings. The number of amides is 2. The molecule has 1 heterocycles. The van der Waals surface area contributed by atoms with Gasteiger partial charge in [0.05, 0.1) is 33.0 Å². The Balaban J connectivity index is 1.77. The van der Waals surface area contributed by atoms with Crippen LogP contribution in [0.3, 0.4) is 0 Å². The summed E-state index contributed by atoms with van der Waals surface area (Å²) in [5.41, 5.74) is 3.16. The van der Waals surface area contributed by atoms with Gasteiger partial charge in [0.15, 0.2) is 11.5 Å². The van der Waals surface area contributed by atoms with E-state index < -0.39 is 18.5 Å². The minimum atomic E-state index is -4.44. The van der Waals surface area contributed by atoms with Crippen molar-refractivity contribution in [2.75, 3.05) is 20.9 Å². The number of nitrogens with one attached hydrogen (secondary N) is 3. The second-order valence-corrected chi connectivity index (χ2v) is 8.60. The SMILES string of the molecule is COc1ccc(-c2[nH]c3ccc(-c4cccc(C(=O)NCNC(C)=O)c4)cc3c2CC(F)(F)F)cc1OC. The minimum absolute atomic E-state index is 0.0204. The molecule has 0 unspecified atom stereocenters. The van der Waals surface area contributed by atoms with Gasteiger partial charge in [0.2, 0.25) is 5.91 Å². The molecule has 0 bridgehead atoms. The first-order valence-corrected chi connectivity index (χ1v) is 11.7. The van der Waals surface area contributed by atoms with E-state index in [4.69, 9.17) is 9.47 Å². The van der Waals surface area contributed by atoms with Gasteiger partial charge in [-0.1, -0.05) is 18.2 Å². The van der Waals surface area contributed by atoms with Crippen LogP contribution in [-0.2, 0) is 11.2 Å². The Morgan fingerprint density at radius 3 is 2.26 bits per heavy atom. The van der Waals surface area contributed by atoms with Crippen molar-refractivity contribution in [1.29, 1.82) is 0 Å². The van der Waals surface area contributed by atoms with E-state index in [0.717, 1.165) is 0 Å². The Kier molecular flexibility index (Phi) is 7.61. The zero-order chi connectivity index (χ0) is 27.4. The van der Waals surface area contributed by atoms with Gasteiger partial charge < -0.3 is 25.1 Å². The van der Waals surface area contributed by atoms with Crippen molar-refractivity contribution < 1.29 is 32.2 Å². The van der Waals surface area contributed by atoms with Crippen molar-refractivity contribution in [2.45, 2.75) is 19.5 Å². The summed E-state index contributed by atoms with van der Waals surface area (Å²) in [4.78, 5) is 26.6. The normalized spacial score (nSPS) is 11.3. The zero-order valence-corrected chi connectivity index (χ0v) is 21.0. The Morgan fingerprint density at radius 1 is 0.868 bits per heavy atom. The highest BCUT2D eigenvalue weighted by Crippen LogP contribution is 2.39. The van der Waals surface area contributed by atoms with E-state index >= 15 is 0 Å². The van der Waals surface area contributed by atoms with E-state index in [1.54, 1.807) is 60.7 Å². The molecule has 2 amide bonds. The van der Waals surface area contributed by atoms with Crippen LogP contribution in [0.4, 0.5) is 13.2 Å². The van der Waals surface area contributed by atoms with Crippen LogP contribution >= 0.6 is 0 Å². The number of aromatic amines is 1. The van der Waals surface area contributed by atoms with Gasteiger partial charge in [0.25, 0.3) is 5.91 Å². The third kappa shape index (κ3) is 5.91. The number of H-pyrrole nitrogens is 1. The van der Waals surface area contributed by atoms with Gasteiger partial charge in [-0.3, -0.25) is 9.59 Å². The molecule has 0 aliphatic carbocycles. The average molecular weight is 526 g/mol. The number of rotatable bonds is 8. The molecule has 198 valence electrons. The lowest BCUT2D eigenvalue weighted by Gasteiger charge is -2.12. The van der Waals surface area contributed by atoms with E-state index in [-0.39, 0.29) is 18.1 Å². The quantitative estimate of drug-likeness (QED) is 0.267. The molecule has 0 fully saturated rings. The fourth-order valence-corrected chi connectivity index (χ4v) is 4.24. The van der Waals surface area contributed by atoms with Gasteiger partial charge in [-0.15, -0.1) is 0 Å². The second-order valence-electron chi connectivity index (χ2n) is 8.60. The smallest absolute Gasteiger partial charge is 0.393 e. The molecular formula is C28H26F3N3O4. The van der Waals surface area contributed by atoms with Gasteiger partial charge in [0, 0.05) is 29.0 Å². The van der Waals surface area contributed by atoms with Crippen molar-refractivity contribution in [2.24, 2.45) is 0 Å². The predicted octanol–water partition coefficient (Wildman–Crippen LogP) is 5.45. The molecule has 4 rings (SSSR count). The van der Waals surface area contributed by atoms with Crippen molar-refractivity contribution in [3.63, 3.8) is 0 Å². The lowest BCUT2D eigenvalue weighted by molar-refractivity contribution is -0.127. The fraction of sp³-hybridized carbons (Fsp3) is 0.214. The van der Waals surface area contributed by atoms with Crippen LogP contribution in [0.5, 0.6) is 11.5 Å². The standard InChI is InChI=1S/C28H26F3N3O4/c1-16(35)32-15-33-27(36)20-6-4-5-17(11-20)18-7-9-23-21(12-18)22(14-28(29,30)31)26(34-23)19-8-10-24(37-2)25(13-19)38-3/h4-13,34H,14-15H2,1-3H3,(H,32,35)(H,33,36). The number of halogens is 3. The molecule has 0 saturated carbocycles. The van der Waals surface area contributed by atoms with Crippen LogP contribution in [0, 0.1) is 0 Å². The number of carbonyl (C=O) groups excluding carboxylic acids is 2. The maximum absolute atomic E-state index is 13.7. The maximum Gasteiger partial charge on any atom is 0.393 e. The van der Waals surface area contributed by atoms with Gasteiger partial charge in [-0.05, 0) is 59.2 Å². The van der Waals surface area contributed by atoms with Crippen LogP contribution in [0.2, 0.25) is 0 Å². The van der Waals surface area contributed by atoms with E-state index in [0.29, 0.717) is 50.3 Å². The Morgan fingerprint density at radius 2 is 1.58 bits per heavy atom. The summed E-state index contributed by atoms with van der Waals surface area (Å²) in [5, 5.41) is 5.50. The number of carbonyl (C=O) groups is 2. The van der Waals surface area contributed by atoms with Crippen molar-refractivity contribution in [1.82, 2.24) is 15.6 Å². The largest absolute Gasteiger partial charge is 0.493 e. The maximum atomic E-state index is 13.7. The number of hydrogen-bond acceptors (Lipinski definition) is 4. The van der Waals surface area contributed by atoms with E-state index in [9.17, 15) is 22.8 Å². The molecule has 0 aliphatic heterocycles. The summed E-state index contributed by atoms with van der Waals surface area (Å²) in [6, 6.07) is 16.9. The Bertz CT molecular complexity index is 1490. The number of aromatic nitrogens is 1. The number of methoxy groups -OCH3 is 2. The van der Waals surface area contributed by atoms with Crippen LogP contribution in [0.1, 0.15) is 22.8 Å². The number of alkyl halides is 3. The van der Waals surface area contributed by atoms with Crippen LogP contribution in [0.25, 0.3) is 33.3 Å². The molecule has 10 heteroatoms. The summed E-state index contributed by atoms with van der Waals surface area (Å²) >= 11 is 0. The van der Waals surface area contributed by atoms with Crippen LogP contribution in [-0.4, -0.2) is 43.9 Å². The summed E-state index contributed by atoms with van der Waals surface area (Å²) < 4.78 is 51.7. The number of ether oxygens (including phenoxy) is 2. The number of hydrogen-bond donors (Lipinski definition) is 3. The number of fused-ring (bicyclic) bond motifs is 1. The summed E-state index contributed by atoms with van der Waals surface area (Å²) in [6.45, 7) is 1.32. The minimum Gasteiger partial charge on any atom is -0.493 e. The topological polar surface area (TPSA) is 92.5 Å². The van der Waals surface area contributed by atoms with Gasteiger partial charge in [0.1, 0.15) is 0 Å². The van der Waals surface area contributed by atoms with E-state index in [1.165, 1.54) is 21.1 Å². The molecule has 0 aliphatic rings. The molecule has 0 saturated heterocycles. The van der Waals surface area contributed by atoms with Gasteiger partial charge in [-0.2, -0.15) is 13.2 Å². The summed E-state index contributed by atoms with van der Waals surface area (Å²) in [7, 11) is 2.95. The molecule has 0 radical (unpaired) electrons. The van der Waals surface area contributed by atoms with E-state index in [1.807, 2.05) is 0 Å². The monoisotopic (exact) mass is 525 g/mol. The van der Waals surface area contributed by atoms with Gasteiger partial charge in [-0.25, -0.2) is 0 Å². The first kappa shape index (κ1) is 26.6. The third-order valence-electron chi connectivity index (χ3n) is 6.00. The second kappa shape index (κ2) is 10.9. The Hall–Kier alpha value is -4.47. The average Bonchev–Trinajstić information content (AvgIpc) is 3.24. The van der Waals surface area contributed by atoms with Crippen LogP contribution < -0.4 is 20.1 Å². The molecule has 0 atom stereocenters. The Labute approximate surface area is 217 Å². The molecule has 38 heavy (non-hydrogen) atoms. The zero-order valence-electron chi connectivity index (χ0n) is 21.0. The molecular weight excluding hydrogens is 499 g/mol. The third-order valence-corrected chi connectivity index (χ3v) is 6.00. The fourth-order valence-electron chi connectivity index (χ4n) is 4.24. The molecule has 3 N–H and O–H groups in total. The highest BCUT2D eigenvalue weighted by molar-refractivity contribution is 5.97. The molecule has 1 aromatic heterocycles. The van der Waals surface area contributed by atoms with Crippen molar-refractivity contribution >= 4 is 22.7 Å². The van der Waals surface area contributed by atoms with Crippen LogP contribution in [0.15, 0.2) is 60.7 Å². The highest BCUT2D eigenvalue weighted by Gasteiger charge is 2.31. The predicted molar refractivity (Wildman–Crippen MR) is 138 cm³/mol. The summed E-state index contributed by atoms with van der Waals surface area (Å²) in [6.07, 6.45) is -5.58. The summed E-state index contributed by atoms with van der Waals surface area (Å²) in [5.74, 6) is 0.196. The lowest BCUT2D eigenvalue weighted by atomic mass is 9.98.